The van der Waals surface area contributed by atoms with Crippen molar-refractivity contribution < 1.29 is 10.1 Å². The van der Waals surface area contributed by atoms with E-state index in [4.69, 9.17) is 4.74 Å². The summed E-state index contributed by atoms with van der Waals surface area (Å²) in [5.41, 5.74) is 1.40. The summed E-state index contributed by atoms with van der Waals surface area (Å²) in [7, 11) is 0. The largest absolute Gasteiger partial charge is 0.494 e. The molecule has 0 amide bonds. The Labute approximate surface area is 117 Å². The summed E-state index contributed by atoms with van der Waals surface area (Å²) in [4.78, 5) is 0. The predicted octanol–water partition coefficient (Wildman–Crippen LogP) is 2.97. The van der Waals surface area contributed by atoms with Crippen molar-refractivity contribution in [3.63, 3.8) is 0 Å². The van der Waals surface area contributed by atoms with Gasteiger partial charge in [0.25, 0.3) is 0 Å². The van der Waals surface area contributed by atoms with E-state index in [2.05, 4.69) is 43.4 Å². The van der Waals surface area contributed by atoms with Gasteiger partial charge in [-0.2, -0.15) is 0 Å². The Morgan fingerprint density at radius 2 is 1.89 bits per heavy atom. The molecule has 0 aliphatic heterocycles. The summed E-state index contributed by atoms with van der Waals surface area (Å²) < 4.78 is 5.48. The number of rotatable bonds is 5. The van der Waals surface area contributed by atoms with Crippen LogP contribution in [0.25, 0.3) is 0 Å². The van der Waals surface area contributed by atoms with Gasteiger partial charge >= 0.3 is 0 Å². The van der Waals surface area contributed by atoms with Crippen molar-refractivity contribution in [1.82, 2.24) is 0 Å². The van der Waals surface area contributed by atoms with Crippen LogP contribution in [0, 0.1) is 11.8 Å². The van der Waals surface area contributed by atoms with Gasteiger partial charge in [0, 0.05) is 11.5 Å². The molecule has 1 aromatic carbocycles. The van der Waals surface area contributed by atoms with E-state index in [1.807, 2.05) is 6.92 Å². The normalized spacial score (nSPS) is 27.2. The third-order valence-electron chi connectivity index (χ3n) is 4.66. The molecule has 2 heteroatoms. The van der Waals surface area contributed by atoms with Crippen LogP contribution < -0.4 is 10.1 Å². The number of ether oxygens (including phenoxy) is 1. The fraction of sp³-hybridized carbons (Fsp3) is 0.647. The van der Waals surface area contributed by atoms with Gasteiger partial charge in [0.2, 0.25) is 0 Å². The van der Waals surface area contributed by atoms with Crippen LogP contribution in [0.3, 0.4) is 0 Å². The summed E-state index contributed by atoms with van der Waals surface area (Å²) >= 11 is 0. The molecular weight excluding hydrogens is 234 g/mol. The maximum Gasteiger partial charge on any atom is 0.119 e. The molecule has 0 radical (unpaired) electrons. The highest BCUT2D eigenvalue weighted by Gasteiger charge is 2.29. The van der Waals surface area contributed by atoms with Crippen LogP contribution in [-0.2, 0) is 6.54 Å². The van der Waals surface area contributed by atoms with Crippen LogP contribution in [-0.4, -0.2) is 12.6 Å². The first kappa shape index (κ1) is 14.4. The Bertz CT molecular complexity index is 373. The molecule has 1 aliphatic rings. The molecule has 0 saturated heterocycles. The summed E-state index contributed by atoms with van der Waals surface area (Å²) in [6.45, 7) is 8.68. The lowest BCUT2D eigenvalue weighted by Gasteiger charge is -2.32. The zero-order chi connectivity index (χ0) is 13.7. The van der Waals surface area contributed by atoms with Gasteiger partial charge in [0.1, 0.15) is 12.3 Å². The van der Waals surface area contributed by atoms with Gasteiger partial charge in [-0.05, 0) is 56.4 Å². The van der Waals surface area contributed by atoms with E-state index in [0.717, 1.165) is 36.8 Å². The minimum atomic E-state index is 0.739. The second kappa shape index (κ2) is 6.95. The van der Waals surface area contributed by atoms with Crippen LogP contribution in [0.5, 0.6) is 5.75 Å². The average Bonchev–Trinajstić information content (AvgIpc) is 2.42. The number of benzene rings is 1. The quantitative estimate of drug-likeness (QED) is 0.867. The zero-order valence-corrected chi connectivity index (χ0v) is 12.6. The van der Waals surface area contributed by atoms with E-state index in [-0.39, 0.29) is 0 Å². The molecule has 2 rings (SSSR count). The molecule has 0 heterocycles. The first-order chi connectivity index (χ1) is 9.20. The minimum Gasteiger partial charge on any atom is -0.494 e. The van der Waals surface area contributed by atoms with E-state index < -0.39 is 0 Å². The van der Waals surface area contributed by atoms with Crippen molar-refractivity contribution in [1.29, 1.82) is 0 Å². The molecule has 1 aromatic rings. The third-order valence-corrected chi connectivity index (χ3v) is 4.66. The lowest BCUT2D eigenvalue weighted by Crippen LogP contribution is -2.90. The van der Waals surface area contributed by atoms with E-state index in [1.54, 1.807) is 0 Å². The minimum absolute atomic E-state index is 0.739. The fourth-order valence-corrected chi connectivity index (χ4v) is 3.13. The Hall–Kier alpha value is -1.02. The lowest BCUT2D eigenvalue weighted by atomic mass is 9.78. The van der Waals surface area contributed by atoms with E-state index >= 15 is 0 Å². The highest BCUT2D eigenvalue weighted by atomic mass is 16.5. The van der Waals surface area contributed by atoms with Crippen LogP contribution in [0.4, 0.5) is 0 Å². The highest BCUT2D eigenvalue weighted by Crippen LogP contribution is 2.27. The Kier molecular flexibility index (Phi) is 5.26. The highest BCUT2D eigenvalue weighted by molar-refractivity contribution is 5.26. The molecule has 0 spiro atoms. The van der Waals surface area contributed by atoms with Crippen molar-refractivity contribution in [3.8, 4) is 5.75 Å². The van der Waals surface area contributed by atoms with Crippen LogP contribution in [0.2, 0.25) is 0 Å². The average molecular weight is 262 g/mol. The van der Waals surface area contributed by atoms with Gasteiger partial charge in [-0.1, -0.05) is 13.8 Å². The van der Waals surface area contributed by atoms with Gasteiger partial charge in [-0.25, -0.2) is 0 Å². The monoisotopic (exact) mass is 262 g/mol. The molecule has 3 atom stereocenters. The number of nitrogens with two attached hydrogens (primary N) is 1. The van der Waals surface area contributed by atoms with Crippen molar-refractivity contribution in [2.75, 3.05) is 6.61 Å². The second-order valence-corrected chi connectivity index (χ2v) is 5.95. The molecule has 0 aromatic heterocycles. The van der Waals surface area contributed by atoms with Gasteiger partial charge < -0.3 is 10.1 Å². The van der Waals surface area contributed by atoms with Gasteiger partial charge in [-0.3, -0.25) is 0 Å². The summed E-state index contributed by atoms with van der Waals surface area (Å²) in [6.07, 6.45) is 4.19. The summed E-state index contributed by atoms with van der Waals surface area (Å²) in [6, 6.07) is 9.35. The fourth-order valence-electron chi connectivity index (χ4n) is 3.13. The van der Waals surface area contributed by atoms with Crippen molar-refractivity contribution in [2.24, 2.45) is 11.8 Å². The number of hydrogen-bond donors (Lipinski definition) is 1. The predicted molar refractivity (Wildman–Crippen MR) is 79.2 cm³/mol. The van der Waals surface area contributed by atoms with E-state index in [9.17, 15) is 0 Å². The molecule has 0 bridgehead atoms. The smallest absolute Gasteiger partial charge is 0.119 e. The molecule has 19 heavy (non-hydrogen) atoms. The maximum atomic E-state index is 5.48. The van der Waals surface area contributed by atoms with Crippen molar-refractivity contribution in [2.45, 2.75) is 52.6 Å². The van der Waals surface area contributed by atoms with Gasteiger partial charge in [0.05, 0.1) is 12.6 Å². The first-order valence-electron chi connectivity index (χ1n) is 7.75. The maximum absolute atomic E-state index is 5.48. The lowest BCUT2D eigenvalue weighted by molar-refractivity contribution is -0.713. The van der Waals surface area contributed by atoms with Crippen LogP contribution in [0.1, 0.15) is 45.6 Å². The summed E-state index contributed by atoms with van der Waals surface area (Å²) in [5, 5.41) is 2.54. The Balaban J connectivity index is 1.84. The summed E-state index contributed by atoms with van der Waals surface area (Å²) in [5.74, 6) is 2.71. The zero-order valence-electron chi connectivity index (χ0n) is 12.6. The molecule has 2 nitrogen and oxygen atoms in total. The van der Waals surface area contributed by atoms with Crippen molar-refractivity contribution in [3.05, 3.63) is 29.8 Å². The van der Waals surface area contributed by atoms with Gasteiger partial charge in [-0.15, -0.1) is 0 Å². The van der Waals surface area contributed by atoms with E-state index in [0.29, 0.717) is 0 Å². The van der Waals surface area contributed by atoms with Crippen LogP contribution >= 0.6 is 0 Å². The number of quaternary nitrogens is 1. The van der Waals surface area contributed by atoms with Crippen LogP contribution in [0.15, 0.2) is 24.3 Å². The molecule has 1 aliphatic carbocycles. The third kappa shape index (κ3) is 3.97. The van der Waals surface area contributed by atoms with Gasteiger partial charge in [0.15, 0.2) is 0 Å². The molecule has 2 N–H and O–H groups in total. The molecule has 1 fully saturated rings. The first-order valence-corrected chi connectivity index (χ1v) is 7.75. The molecular formula is C17H28NO+. The van der Waals surface area contributed by atoms with E-state index in [1.165, 1.54) is 24.8 Å². The Morgan fingerprint density at radius 1 is 1.16 bits per heavy atom. The number of hydrogen-bond acceptors (Lipinski definition) is 1. The standard InChI is InChI=1S/C17H27NO/c1-4-19-16-10-8-15(9-11-16)12-18-17-7-5-6-13(2)14(17)3/h8-11,13-14,17-18H,4-7,12H2,1-3H3/p+1/t13-,14+,17-/m1/s1. The topological polar surface area (TPSA) is 25.8 Å². The molecule has 106 valence electrons. The molecule has 0 unspecified atom stereocenters. The molecule has 1 saturated carbocycles. The van der Waals surface area contributed by atoms with Crippen molar-refractivity contribution >= 4 is 0 Å². The Morgan fingerprint density at radius 3 is 2.58 bits per heavy atom. The second-order valence-electron chi connectivity index (χ2n) is 5.95. The SMILES string of the molecule is CCOc1ccc(C[NH2+][C@@H]2CCC[C@@H](C)[C@@H]2C)cc1.